The van der Waals surface area contributed by atoms with Crippen molar-refractivity contribution in [3.05, 3.63) is 65.2 Å². The van der Waals surface area contributed by atoms with Gasteiger partial charge in [-0.2, -0.15) is 0 Å². The molecule has 0 atom stereocenters. The van der Waals surface area contributed by atoms with Crippen molar-refractivity contribution in [2.24, 2.45) is 0 Å². The molecular formula is C15H10BrN3O. The minimum absolute atomic E-state index is 0.273. The highest BCUT2D eigenvalue weighted by Crippen LogP contribution is 2.30. The first-order valence-electron chi connectivity index (χ1n) is 6.00. The Bertz CT molecular complexity index is 774. The summed E-state index contributed by atoms with van der Waals surface area (Å²) in [4.78, 5) is 20.0. The van der Waals surface area contributed by atoms with Crippen LogP contribution in [0.5, 0.6) is 0 Å². The van der Waals surface area contributed by atoms with E-state index < -0.39 is 0 Å². The maximum absolute atomic E-state index is 12.1. The van der Waals surface area contributed by atoms with Crippen LogP contribution in [0.15, 0.2) is 59.5 Å². The molecule has 0 aliphatic heterocycles. The van der Waals surface area contributed by atoms with E-state index in [9.17, 15) is 4.79 Å². The number of carbonyl (C=O) groups is 1. The van der Waals surface area contributed by atoms with E-state index in [-0.39, 0.29) is 5.91 Å². The summed E-state index contributed by atoms with van der Waals surface area (Å²) in [6.45, 7) is 0. The van der Waals surface area contributed by atoms with Gasteiger partial charge in [-0.25, -0.2) is 4.98 Å². The van der Waals surface area contributed by atoms with Gasteiger partial charge < -0.3 is 5.32 Å². The monoisotopic (exact) mass is 327 g/mol. The third-order valence-corrected chi connectivity index (χ3v) is 3.61. The summed E-state index contributed by atoms with van der Waals surface area (Å²) >= 11 is 3.51. The average molecular weight is 328 g/mol. The maximum atomic E-state index is 12.1. The predicted octanol–water partition coefficient (Wildman–Crippen LogP) is 3.64. The van der Waals surface area contributed by atoms with Crippen LogP contribution in [0, 0.1) is 0 Å². The molecule has 3 rings (SSSR count). The van der Waals surface area contributed by atoms with Crippen molar-refractivity contribution in [3.63, 3.8) is 0 Å². The molecule has 0 saturated heterocycles. The highest BCUT2D eigenvalue weighted by molar-refractivity contribution is 9.10. The fourth-order valence-corrected chi connectivity index (χ4v) is 2.45. The smallest absolute Gasteiger partial charge is 0.275 e. The van der Waals surface area contributed by atoms with Gasteiger partial charge in [0.15, 0.2) is 0 Å². The van der Waals surface area contributed by atoms with Crippen molar-refractivity contribution >= 4 is 38.3 Å². The van der Waals surface area contributed by atoms with Gasteiger partial charge in [0.1, 0.15) is 5.69 Å². The number of fused-ring (bicyclic) bond motifs is 1. The predicted molar refractivity (Wildman–Crippen MR) is 81.6 cm³/mol. The van der Waals surface area contributed by atoms with Crippen LogP contribution >= 0.6 is 15.9 Å². The molecule has 20 heavy (non-hydrogen) atoms. The van der Waals surface area contributed by atoms with Gasteiger partial charge in [0, 0.05) is 27.9 Å². The zero-order valence-electron chi connectivity index (χ0n) is 10.4. The first-order chi connectivity index (χ1) is 9.75. The van der Waals surface area contributed by atoms with Crippen molar-refractivity contribution in [2.75, 3.05) is 5.32 Å². The minimum Gasteiger partial charge on any atom is -0.320 e. The summed E-state index contributed by atoms with van der Waals surface area (Å²) < 4.78 is 0.991. The fraction of sp³-hybridized carbons (Fsp3) is 0. The molecule has 1 heterocycles. The lowest BCUT2D eigenvalue weighted by atomic mass is 10.1. The first kappa shape index (κ1) is 12.7. The summed E-state index contributed by atoms with van der Waals surface area (Å²) in [5.41, 5.74) is 1.04. The number of amides is 1. The molecule has 1 N–H and O–H groups in total. The quantitative estimate of drug-likeness (QED) is 0.781. The van der Waals surface area contributed by atoms with Gasteiger partial charge in [-0.1, -0.05) is 40.2 Å². The van der Waals surface area contributed by atoms with Crippen molar-refractivity contribution in [2.45, 2.75) is 0 Å². The molecule has 0 saturated carbocycles. The van der Waals surface area contributed by atoms with Crippen molar-refractivity contribution in [3.8, 4) is 0 Å². The summed E-state index contributed by atoms with van der Waals surface area (Å²) in [7, 11) is 0. The summed E-state index contributed by atoms with van der Waals surface area (Å²) in [6.07, 6.45) is 4.47. The molecule has 0 unspecified atom stereocenters. The Morgan fingerprint density at radius 3 is 2.60 bits per heavy atom. The number of aromatic nitrogens is 2. The molecule has 0 bridgehead atoms. The van der Waals surface area contributed by atoms with E-state index in [1.165, 1.54) is 18.6 Å². The van der Waals surface area contributed by atoms with Gasteiger partial charge in [0.05, 0.1) is 6.20 Å². The highest BCUT2D eigenvalue weighted by Gasteiger charge is 2.10. The Labute approximate surface area is 124 Å². The summed E-state index contributed by atoms with van der Waals surface area (Å²) in [5.74, 6) is -0.273. The van der Waals surface area contributed by atoms with E-state index >= 15 is 0 Å². The van der Waals surface area contributed by atoms with Crippen LogP contribution in [0.1, 0.15) is 10.5 Å². The maximum Gasteiger partial charge on any atom is 0.275 e. The molecule has 0 aliphatic carbocycles. The summed E-state index contributed by atoms with van der Waals surface area (Å²) in [6, 6.07) is 11.6. The highest BCUT2D eigenvalue weighted by atomic mass is 79.9. The van der Waals surface area contributed by atoms with E-state index in [0.717, 1.165) is 20.9 Å². The van der Waals surface area contributed by atoms with Gasteiger partial charge in [-0.3, -0.25) is 9.78 Å². The van der Waals surface area contributed by atoms with Crippen molar-refractivity contribution < 1.29 is 4.79 Å². The molecule has 0 radical (unpaired) electrons. The molecule has 0 fully saturated rings. The number of hydrogen-bond donors (Lipinski definition) is 1. The second-order valence-electron chi connectivity index (χ2n) is 4.19. The van der Waals surface area contributed by atoms with Gasteiger partial charge in [-0.15, -0.1) is 0 Å². The van der Waals surface area contributed by atoms with Gasteiger partial charge >= 0.3 is 0 Å². The Morgan fingerprint density at radius 1 is 1.05 bits per heavy atom. The SMILES string of the molecule is O=C(Nc1ccc(Br)c2ccccc12)c1cnccn1. The Balaban J connectivity index is 2.00. The number of halogens is 1. The van der Waals surface area contributed by atoms with Crippen LogP contribution in [0.2, 0.25) is 0 Å². The first-order valence-corrected chi connectivity index (χ1v) is 6.79. The minimum atomic E-state index is -0.273. The number of hydrogen-bond acceptors (Lipinski definition) is 3. The standard InChI is InChI=1S/C15H10BrN3O/c16-12-5-6-13(11-4-2-1-3-10(11)12)19-15(20)14-9-17-7-8-18-14/h1-9H,(H,19,20). The van der Waals surface area contributed by atoms with Crippen LogP contribution in [0.25, 0.3) is 10.8 Å². The molecule has 3 aromatic rings. The van der Waals surface area contributed by atoms with Crippen LogP contribution in [-0.2, 0) is 0 Å². The lowest BCUT2D eigenvalue weighted by molar-refractivity contribution is 0.102. The van der Waals surface area contributed by atoms with Crippen LogP contribution in [0.4, 0.5) is 5.69 Å². The van der Waals surface area contributed by atoms with Crippen LogP contribution < -0.4 is 5.32 Å². The van der Waals surface area contributed by atoms with Crippen molar-refractivity contribution in [1.29, 1.82) is 0 Å². The molecule has 1 amide bonds. The zero-order valence-corrected chi connectivity index (χ0v) is 12.0. The Morgan fingerprint density at radius 2 is 1.85 bits per heavy atom. The molecule has 98 valence electrons. The van der Waals surface area contributed by atoms with E-state index in [1.807, 2.05) is 36.4 Å². The van der Waals surface area contributed by atoms with Gasteiger partial charge in [0.25, 0.3) is 5.91 Å². The van der Waals surface area contributed by atoms with E-state index in [1.54, 1.807) is 0 Å². The number of benzene rings is 2. The third kappa shape index (κ3) is 2.40. The molecule has 0 spiro atoms. The van der Waals surface area contributed by atoms with Crippen molar-refractivity contribution in [1.82, 2.24) is 9.97 Å². The number of carbonyl (C=O) groups excluding carboxylic acids is 1. The largest absolute Gasteiger partial charge is 0.320 e. The molecule has 0 aliphatic rings. The lowest BCUT2D eigenvalue weighted by Gasteiger charge is -2.09. The zero-order chi connectivity index (χ0) is 13.9. The lowest BCUT2D eigenvalue weighted by Crippen LogP contribution is -2.14. The number of rotatable bonds is 2. The number of nitrogens with one attached hydrogen (secondary N) is 1. The third-order valence-electron chi connectivity index (χ3n) is 2.91. The normalized spacial score (nSPS) is 10.4. The Kier molecular flexibility index (Phi) is 3.43. The number of nitrogens with zero attached hydrogens (tertiary/aromatic N) is 2. The molecule has 4 nitrogen and oxygen atoms in total. The molecular weight excluding hydrogens is 318 g/mol. The second kappa shape index (κ2) is 5.38. The molecule has 5 heteroatoms. The molecule has 2 aromatic carbocycles. The second-order valence-corrected chi connectivity index (χ2v) is 5.04. The summed E-state index contributed by atoms with van der Waals surface area (Å²) in [5, 5.41) is 4.88. The van der Waals surface area contributed by atoms with E-state index in [0.29, 0.717) is 5.69 Å². The average Bonchev–Trinajstić information content (AvgIpc) is 2.51. The number of anilines is 1. The Hall–Kier alpha value is -2.27. The van der Waals surface area contributed by atoms with E-state index in [4.69, 9.17) is 0 Å². The van der Waals surface area contributed by atoms with Gasteiger partial charge in [0.2, 0.25) is 0 Å². The fourth-order valence-electron chi connectivity index (χ4n) is 1.97. The van der Waals surface area contributed by atoms with Crippen LogP contribution in [-0.4, -0.2) is 15.9 Å². The van der Waals surface area contributed by atoms with E-state index in [2.05, 4.69) is 31.2 Å². The topological polar surface area (TPSA) is 54.9 Å². The van der Waals surface area contributed by atoms with Crippen LogP contribution in [0.3, 0.4) is 0 Å². The molecule has 1 aromatic heterocycles. The van der Waals surface area contributed by atoms with Gasteiger partial charge in [-0.05, 0) is 17.5 Å².